The molecular formula is C21H25ClN2O2. The van der Waals surface area contributed by atoms with Gasteiger partial charge in [-0.3, -0.25) is 4.79 Å². The second-order valence-electron chi connectivity index (χ2n) is 6.65. The third-order valence-electron chi connectivity index (χ3n) is 4.85. The van der Waals surface area contributed by atoms with Crippen LogP contribution < -0.4 is 10.1 Å². The van der Waals surface area contributed by atoms with Crippen molar-refractivity contribution in [1.82, 2.24) is 10.2 Å². The summed E-state index contributed by atoms with van der Waals surface area (Å²) in [6.07, 6.45) is 2.38. The lowest BCUT2D eigenvalue weighted by atomic mass is 10.0. The Morgan fingerprint density at radius 3 is 2.31 bits per heavy atom. The van der Waals surface area contributed by atoms with Gasteiger partial charge >= 0.3 is 0 Å². The average Bonchev–Trinajstić information content (AvgIpc) is 2.68. The number of amides is 1. The van der Waals surface area contributed by atoms with Gasteiger partial charge in [0.1, 0.15) is 5.75 Å². The first-order chi connectivity index (χ1) is 12.7. The van der Waals surface area contributed by atoms with E-state index < -0.39 is 0 Å². The lowest BCUT2D eigenvalue weighted by Crippen LogP contribution is -2.46. The van der Waals surface area contributed by atoms with Gasteiger partial charge in [-0.25, -0.2) is 0 Å². The van der Waals surface area contributed by atoms with Crippen LogP contribution >= 0.6 is 11.6 Å². The monoisotopic (exact) mass is 372 g/mol. The van der Waals surface area contributed by atoms with Crippen LogP contribution in [0.5, 0.6) is 5.75 Å². The third-order valence-corrected chi connectivity index (χ3v) is 5.10. The molecule has 0 saturated carbocycles. The number of ether oxygens (including phenoxy) is 1. The average molecular weight is 373 g/mol. The minimum Gasteiger partial charge on any atom is -0.497 e. The van der Waals surface area contributed by atoms with Crippen molar-refractivity contribution < 1.29 is 9.53 Å². The number of methoxy groups -OCH3 is 1. The highest BCUT2D eigenvalue weighted by Gasteiger charge is 2.25. The van der Waals surface area contributed by atoms with Crippen LogP contribution in [-0.4, -0.2) is 37.0 Å². The number of nitrogens with one attached hydrogen (secondary N) is 1. The van der Waals surface area contributed by atoms with Crippen LogP contribution in [0.2, 0.25) is 5.02 Å². The molecule has 0 radical (unpaired) electrons. The predicted octanol–water partition coefficient (Wildman–Crippen LogP) is 3.67. The molecule has 1 heterocycles. The maximum absolute atomic E-state index is 13.1. The van der Waals surface area contributed by atoms with E-state index in [1.807, 2.05) is 53.4 Å². The van der Waals surface area contributed by atoms with Crippen molar-refractivity contribution >= 4 is 17.5 Å². The molecule has 1 aliphatic rings. The van der Waals surface area contributed by atoms with Gasteiger partial charge in [0, 0.05) is 17.6 Å². The summed E-state index contributed by atoms with van der Waals surface area (Å²) < 4.78 is 5.19. The second-order valence-corrected chi connectivity index (χ2v) is 7.09. The summed E-state index contributed by atoms with van der Waals surface area (Å²) in [7, 11) is 1.64. The Bertz CT molecular complexity index is 710. The zero-order valence-corrected chi connectivity index (χ0v) is 15.8. The van der Waals surface area contributed by atoms with E-state index in [4.69, 9.17) is 16.3 Å². The van der Waals surface area contributed by atoms with Gasteiger partial charge in [-0.05, 0) is 61.3 Å². The quantitative estimate of drug-likeness (QED) is 0.841. The SMILES string of the molecule is COc1ccc(CC(=O)N(Cc2ccc(Cl)cc2)C2CCNCC2)cc1. The topological polar surface area (TPSA) is 41.6 Å². The highest BCUT2D eigenvalue weighted by molar-refractivity contribution is 6.30. The van der Waals surface area contributed by atoms with Gasteiger partial charge in [-0.2, -0.15) is 0 Å². The van der Waals surface area contributed by atoms with Gasteiger partial charge < -0.3 is 15.0 Å². The van der Waals surface area contributed by atoms with E-state index in [1.54, 1.807) is 7.11 Å². The first kappa shape index (κ1) is 18.7. The smallest absolute Gasteiger partial charge is 0.227 e. The minimum absolute atomic E-state index is 0.164. The Morgan fingerprint density at radius 2 is 1.69 bits per heavy atom. The fourth-order valence-corrected chi connectivity index (χ4v) is 3.47. The normalized spacial score (nSPS) is 14.8. The van der Waals surface area contributed by atoms with Crippen molar-refractivity contribution in [3.8, 4) is 5.75 Å². The van der Waals surface area contributed by atoms with E-state index in [0.717, 1.165) is 42.8 Å². The molecule has 0 aliphatic carbocycles. The number of carbonyl (C=O) groups excluding carboxylic acids is 1. The van der Waals surface area contributed by atoms with Crippen molar-refractivity contribution in [3.05, 3.63) is 64.7 Å². The minimum atomic E-state index is 0.164. The highest BCUT2D eigenvalue weighted by atomic mass is 35.5. The van der Waals surface area contributed by atoms with Crippen molar-refractivity contribution in [1.29, 1.82) is 0 Å². The molecular weight excluding hydrogens is 348 g/mol. The van der Waals surface area contributed by atoms with Crippen LogP contribution in [-0.2, 0) is 17.8 Å². The van der Waals surface area contributed by atoms with E-state index in [-0.39, 0.29) is 11.9 Å². The lowest BCUT2D eigenvalue weighted by molar-refractivity contribution is -0.134. The summed E-state index contributed by atoms with van der Waals surface area (Å²) in [4.78, 5) is 15.1. The molecule has 1 saturated heterocycles. The summed E-state index contributed by atoms with van der Waals surface area (Å²) in [5.41, 5.74) is 2.11. The van der Waals surface area contributed by atoms with Gasteiger partial charge in [-0.15, -0.1) is 0 Å². The molecule has 0 aromatic heterocycles. The molecule has 2 aromatic rings. The van der Waals surface area contributed by atoms with Crippen molar-refractivity contribution in [2.45, 2.75) is 31.8 Å². The number of carbonyl (C=O) groups is 1. The fraction of sp³-hybridized carbons (Fsp3) is 0.381. The van der Waals surface area contributed by atoms with Gasteiger partial charge in [0.15, 0.2) is 0 Å². The van der Waals surface area contributed by atoms with Gasteiger partial charge in [0.05, 0.1) is 13.5 Å². The van der Waals surface area contributed by atoms with Crippen LogP contribution in [0.4, 0.5) is 0 Å². The summed E-state index contributed by atoms with van der Waals surface area (Å²) in [6, 6.07) is 15.7. The molecule has 1 N–H and O–H groups in total. The Morgan fingerprint density at radius 1 is 1.08 bits per heavy atom. The molecule has 1 fully saturated rings. The summed E-state index contributed by atoms with van der Waals surface area (Å²) in [5, 5.41) is 4.09. The van der Waals surface area contributed by atoms with E-state index in [1.165, 1.54) is 0 Å². The Kier molecular flexibility index (Phi) is 6.53. The summed E-state index contributed by atoms with van der Waals surface area (Å²) in [6.45, 7) is 2.53. The lowest BCUT2D eigenvalue weighted by Gasteiger charge is -2.35. The molecule has 0 atom stereocenters. The molecule has 0 bridgehead atoms. The number of hydrogen-bond acceptors (Lipinski definition) is 3. The Hall–Kier alpha value is -2.04. The van der Waals surface area contributed by atoms with Gasteiger partial charge in [0.2, 0.25) is 5.91 Å². The number of piperidine rings is 1. The van der Waals surface area contributed by atoms with Gasteiger partial charge in [-0.1, -0.05) is 35.9 Å². The molecule has 26 heavy (non-hydrogen) atoms. The van der Waals surface area contributed by atoms with Crippen molar-refractivity contribution in [2.75, 3.05) is 20.2 Å². The molecule has 1 aliphatic heterocycles. The maximum Gasteiger partial charge on any atom is 0.227 e. The maximum atomic E-state index is 13.1. The van der Waals surface area contributed by atoms with Crippen LogP contribution in [0.1, 0.15) is 24.0 Å². The Labute approximate surface area is 160 Å². The zero-order chi connectivity index (χ0) is 18.4. The largest absolute Gasteiger partial charge is 0.497 e. The molecule has 0 unspecified atom stereocenters. The van der Waals surface area contributed by atoms with Gasteiger partial charge in [0.25, 0.3) is 0 Å². The molecule has 4 nitrogen and oxygen atoms in total. The molecule has 5 heteroatoms. The molecule has 138 valence electrons. The predicted molar refractivity (Wildman–Crippen MR) is 105 cm³/mol. The van der Waals surface area contributed by atoms with Crippen molar-refractivity contribution in [2.24, 2.45) is 0 Å². The first-order valence-electron chi connectivity index (χ1n) is 9.03. The number of benzene rings is 2. The fourth-order valence-electron chi connectivity index (χ4n) is 3.35. The molecule has 0 spiro atoms. The number of nitrogens with zero attached hydrogens (tertiary/aromatic N) is 1. The Balaban J connectivity index is 1.74. The van der Waals surface area contributed by atoms with Crippen LogP contribution in [0.25, 0.3) is 0 Å². The third kappa shape index (κ3) is 4.99. The summed E-state index contributed by atoms with van der Waals surface area (Å²) in [5.74, 6) is 0.967. The van der Waals surface area contributed by atoms with Crippen LogP contribution in [0.15, 0.2) is 48.5 Å². The van der Waals surface area contributed by atoms with E-state index in [9.17, 15) is 4.79 Å². The van der Waals surface area contributed by atoms with E-state index in [0.29, 0.717) is 18.0 Å². The first-order valence-corrected chi connectivity index (χ1v) is 9.41. The zero-order valence-electron chi connectivity index (χ0n) is 15.1. The van der Waals surface area contributed by atoms with Crippen LogP contribution in [0, 0.1) is 0 Å². The number of rotatable bonds is 6. The number of halogens is 1. The van der Waals surface area contributed by atoms with Crippen LogP contribution in [0.3, 0.4) is 0 Å². The molecule has 3 rings (SSSR count). The number of hydrogen-bond donors (Lipinski definition) is 1. The van der Waals surface area contributed by atoms with Crippen molar-refractivity contribution in [3.63, 3.8) is 0 Å². The highest BCUT2D eigenvalue weighted by Crippen LogP contribution is 2.20. The molecule has 1 amide bonds. The van der Waals surface area contributed by atoms with E-state index >= 15 is 0 Å². The van der Waals surface area contributed by atoms with E-state index in [2.05, 4.69) is 5.32 Å². The second kappa shape index (κ2) is 9.06. The standard InChI is InChI=1S/C21H25ClN2O2/c1-26-20-8-4-16(5-9-20)14-21(25)24(19-10-12-23-13-11-19)15-17-2-6-18(22)7-3-17/h2-9,19,23H,10-15H2,1H3. The summed E-state index contributed by atoms with van der Waals surface area (Å²) >= 11 is 5.99. The molecule has 2 aromatic carbocycles.